The third kappa shape index (κ3) is 2.11. The van der Waals surface area contributed by atoms with Crippen molar-refractivity contribution in [3.63, 3.8) is 0 Å². The van der Waals surface area contributed by atoms with E-state index in [1.807, 2.05) is 19.1 Å². The number of hydrogen-bond donors (Lipinski definition) is 1. The summed E-state index contributed by atoms with van der Waals surface area (Å²) in [6.45, 7) is 3.29. The molecule has 19 heavy (non-hydrogen) atoms. The molecule has 7 heteroatoms. The number of hydrogen-bond acceptors (Lipinski definition) is 5. The zero-order valence-corrected chi connectivity index (χ0v) is 10.7. The van der Waals surface area contributed by atoms with Crippen molar-refractivity contribution in [1.82, 2.24) is 19.8 Å². The summed E-state index contributed by atoms with van der Waals surface area (Å²) < 4.78 is 1.71. The lowest BCUT2D eigenvalue weighted by atomic mass is 9.97. The fourth-order valence-corrected chi connectivity index (χ4v) is 2.41. The molecule has 7 nitrogen and oxygen atoms in total. The zero-order valence-electron chi connectivity index (χ0n) is 10.7. The van der Waals surface area contributed by atoms with Crippen LogP contribution >= 0.6 is 0 Å². The van der Waals surface area contributed by atoms with E-state index in [1.54, 1.807) is 4.52 Å². The maximum atomic E-state index is 10.9. The van der Waals surface area contributed by atoms with E-state index < -0.39 is 5.97 Å². The van der Waals surface area contributed by atoms with E-state index >= 15 is 0 Å². The lowest BCUT2D eigenvalue weighted by Gasteiger charge is -2.30. The second-order valence-electron chi connectivity index (χ2n) is 4.81. The summed E-state index contributed by atoms with van der Waals surface area (Å²) in [4.78, 5) is 13.0. The van der Waals surface area contributed by atoms with Gasteiger partial charge < -0.3 is 10.0 Å². The number of nitrogens with zero attached hydrogens (tertiary/aromatic N) is 5. The molecule has 3 heterocycles. The van der Waals surface area contributed by atoms with Gasteiger partial charge in [-0.25, -0.2) is 0 Å². The molecule has 0 spiro atoms. The first-order valence-corrected chi connectivity index (χ1v) is 6.32. The van der Waals surface area contributed by atoms with E-state index in [-0.39, 0.29) is 5.92 Å². The van der Waals surface area contributed by atoms with Crippen LogP contribution in [0.4, 0.5) is 5.82 Å². The Morgan fingerprint density at radius 3 is 2.74 bits per heavy atom. The number of anilines is 1. The Morgan fingerprint density at radius 2 is 2.05 bits per heavy atom. The molecule has 0 amide bonds. The molecular formula is C12H15N5O2. The maximum absolute atomic E-state index is 10.9. The minimum Gasteiger partial charge on any atom is -0.481 e. The molecule has 0 unspecified atom stereocenters. The average molecular weight is 261 g/mol. The first-order chi connectivity index (χ1) is 9.15. The van der Waals surface area contributed by atoms with Crippen molar-refractivity contribution in [3.05, 3.63) is 18.0 Å². The molecule has 1 saturated heterocycles. The van der Waals surface area contributed by atoms with Crippen LogP contribution in [0.2, 0.25) is 0 Å². The Bertz CT molecular complexity index is 616. The van der Waals surface area contributed by atoms with Crippen molar-refractivity contribution in [2.45, 2.75) is 19.8 Å². The molecule has 3 rings (SSSR count). The smallest absolute Gasteiger partial charge is 0.306 e. The molecule has 2 aromatic heterocycles. The van der Waals surface area contributed by atoms with E-state index in [1.165, 1.54) is 0 Å². The van der Waals surface area contributed by atoms with E-state index in [0.717, 1.165) is 30.4 Å². The lowest BCUT2D eigenvalue weighted by Crippen LogP contribution is -2.37. The number of carboxylic acid groups (broad SMARTS) is 1. The van der Waals surface area contributed by atoms with Gasteiger partial charge in [-0.2, -0.15) is 4.52 Å². The predicted molar refractivity (Wildman–Crippen MR) is 68.1 cm³/mol. The number of aromatic nitrogens is 4. The van der Waals surface area contributed by atoms with Crippen molar-refractivity contribution in [3.8, 4) is 0 Å². The molecule has 0 saturated carbocycles. The van der Waals surface area contributed by atoms with E-state index in [0.29, 0.717) is 12.8 Å². The van der Waals surface area contributed by atoms with Crippen molar-refractivity contribution < 1.29 is 9.90 Å². The van der Waals surface area contributed by atoms with Gasteiger partial charge in [0.05, 0.1) is 5.92 Å². The van der Waals surface area contributed by atoms with E-state index in [4.69, 9.17) is 5.11 Å². The summed E-state index contributed by atoms with van der Waals surface area (Å²) in [5.74, 6) is 0.672. The molecule has 0 radical (unpaired) electrons. The molecule has 1 fully saturated rings. The van der Waals surface area contributed by atoms with Crippen LogP contribution in [0.1, 0.15) is 18.7 Å². The molecule has 2 aromatic rings. The molecule has 0 aliphatic carbocycles. The standard InChI is InChI=1S/C12H15N5O2/c1-8-13-14-10-2-3-11(15-17(8)10)16-6-4-9(5-7-16)12(18)19/h2-3,9H,4-7H2,1H3,(H,18,19). The highest BCUT2D eigenvalue weighted by Gasteiger charge is 2.25. The first-order valence-electron chi connectivity index (χ1n) is 6.32. The molecule has 0 atom stereocenters. The number of carboxylic acids is 1. The van der Waals surface area contributed by atoms with Gasteiger partial charge in [0.25, 0.3) is 0 Å². The van der Waals surface area contributed by atoms with Crippen molar-refractivity contribution in [1.29, 1.82) is 0 Å². The van der Waals surface area contributed by atoms with Gasteiger partial charge in [-0.05, 0) is 31.9 Å². The van der Waals surface area contributed by atoms with Crippen LogP contribution < -0.4 is 4.90 Å². The van der Waals surface area contributed by atoms with Gasteiger partial charge in [-0.3, -0.25) is 4.79 Å². The van der Waals surface area contributed by atoms with Crippen LogP contribution in [-0.2, 0) is 4.79 Å². The highest BCUT2D eigenvalue weighted by Crippen LogP contribution is 2.22. The van der Waals surface area contributed by atoms with Gasteiger partial charge in [-0.1, -0.05) is 0 Å². The largest absolute Gasteiger partial charge is 0.481 e. The van der Waals surface area contributed by atoms with Crippen LogP contribution in [0.5, 0.6) is 0 Å². The quantitative estimate of drug-likeness (QED) is 0.858. The number of carbonyl (C=O) groups is 1. The van der Waals surface area contributed by atoms with Crippen LogP contribution in [-0.4, -0.2) is 44.0 Å². The number of rotatable bonds is 2. The van der Waals surface area contributed by atoms with Gasteiger partial charge in [0.2, 0.25) is 0 Å². The lowest BCUT2D eigenvalue weighted by molar-refractivity contribution is -0.142. The van der Waals surface area contributed by atoms with Crippen molar-refractivity contribution in [2.75, 3.05) is 18.0 Å². The molecule has 1 aliphatic heterocycles. The summed E-state index contributed by atoms with van der Waals surface area (Å²) >= 11 is 0. The van der Waals surface area contributed by atoms with Gasteiger partial charge in [-0.15, -0.1) is 15.3 Å². The highest BCUT2D eigenvalue weighted by molar-refractivity contribution is 5.70. The monoisotopic (exact) mass is 261 g/mol. The fourth-order valence-electron chi connectivity index (χ4n) is 2.41. The van der Waals surface area contributed by atoms with Crippen molar-refractivity contribution >= 4 is 17.4 Å². The maximum Gasteiger partial charge on any atom is 0.306 e. The molecule has 1 N–H and O–H groups in total. The molecular weight excluding hydrogens is 246 g/mol. The summed E-state index contributed by atoms with van der Waals surface area (Å²) in [7, 11) is 0. The van der Waals surface area contributed by atoms with Crippen LogP contribution in [0.15, 0.2) is 12.1 Å². The van der Waals surface area contributed by atoms with Gasteiger partial charge >= 0.3 is 5.97 Å². The predicted octanol–water partition coefficient (Wildman–Crippen LogP) is 0.734. The van der Waals surface area contributed by atoms with Crippen molar-refractivity contribution in [2.24, 2.45) is 5.92 Å². The summed E-state index contributed by atoms with van der Waals surface area (Å²) in [6, 6.07) is 3.79. The minimum absolute atomic E-state index is 0.225. The number of aryl methyl sites for hydroxylation is 1. The third-order valence-corrected chi connectivity index (χ3v) is 3.57. The first kappa shape index (κ1) is 11.9. The van der Waals surface area contributed by atoms with Crippen LogP contribution in [0.25, 0.3) is 5.65 Å². The van der Waals surface area contributed by atoms with E-state index in [9.17, 15) is 4.79 Å². The Kier molecular flexibility index (Phi) is 2.81. The summed E-state index contributed by atoms with van der Waals surface area (Å²) in [6.07, 6.45) is 1.33. The van der Waals surface area contributed by atoms with Gasteiger partial charge in [0.1, 0.15) is 5.82 Å². The van der Waals surface area contributed by atoms with E-state index in [2.05, 4.69) is 20.2 Å². The third-order valence-electron chi connectivity index (χ3n) is 3.57. The molecule has 0 bridgehead atoms. The summed E-state index contributed by atoms with van der Waals surface area (Å²) in [5, 5.41) is 21.5. The fraction of sp³-hybridized carbons (Fsp3) is 0.500. The van der Waals surface area contributed by atoms with Crippen LogP contribution in [0, 0.1) is 12.8 Å². The topological polar surface area (TPSA) is 83.6 Å². The molecule has 1 aliphatic rings. The van der Waals surface area contributed by atoms with Gasteiger partial charge in [0.15, 0.2) is 11.5 Å². The highest BCUT2D eigenvalue weighted by atomic mass is 16.4. The Morgan fingerprint density at radius 1 is 1.32 bits per heavy atom. The second-order valence-corrected chi connectivity index (χ2v) is 4.81. The molecule has 0 aromatic carbocycles. The normalized spacial score (nSPS) is 17.0. The molecule has 100 valence electrons. The summed E-state index contributed by atoms with van der Waals surface area (Å²) in [5.41, 5.74) is 0.724. The number of aliphatic carboxylic acids is 1. The number of piperidine rings is 1. The minimum atomic E-state index is -0.697. The second kappa shape index (κ2) is 4.49. The Hall–Kier alpha value is -2.18. The Balaban J connectivity index is 1.81. The zero-order chi connectivity index (χ0) is 13.4. The Labute approximate surface area is 109 Å². The SMILES string of the molecule is Cc1nnc2ccc(N3CCC(C(=O)O)CC3)nn12. The average Bonchev–Trinajstić information content (AvgIpc) is 2.80. The number of fused-ring (bicyclic) bond motifs is 1. The van der Waals surface area contributed by atoms with Crippen LogP contribution in [0.3, 0.4) is 0 Å². The van der Waals surface area contributed by atoms with Gasteiger partial charge in [0, 0.05) is 13.1 Å².